The van der Waals surface area contributed by atoms with Crippen LogP contribution in [-0.2, 0) is 7.05 Å². The highest BCUT2D eigenvalue weighted by atomic mass is 32.2. The molecular weight excluding hydrogens is 220 g/mol. The molecule has 0 spiro atoms. The van der Waals surface area contributed by atoms with Crippen LogP contribution in [0.1, 0.15) is 0 Å². The van der Waals surface area contributed by atoms with Crippen molar-refractivity contribution in [2.75, 3.05) is 17.6 Å². The number of fused-ring (bicyclic) bond motifs is 1. The smallest absolute Gasteiger partial charge is 0.161 e. The molecule has 0 atom stereocenters. The normalized spacial score (nSPS) is 15.4. The Morgan fingerprint density at radius 2 is 2.38 bits per heavy atom. The van der Waals surface area contributed by atoms with E-state index in [9.17, 15) is 0 Å². The molecule has 3 rings (SSSR count). The Morgan fingerprint density at radius 3 is 3.19 bits per heavy atom. The van der Waals surface area contributed by atoms with E-state index in [1.165, 1.54) is 0 Å². The molecule has 2 heterocycles. The first-order valence-corrected chi connectivity index (χ1v) is 6.18. The van der Waals surface area contributed by atoms with Crippen molar-refractivity contribution >= 4 is 33.5 Å². The van der Waals surface area contributed by atoms with Crippen molar-refractivity contribution in [2.45, 2.75) is 0 Å². The van der Waals surface area contributed by atoms with Crippen LogP contribution in [0.4, 0.5) is 5.69 Å². The number of nitrogens with zero attached hydrogens (tertiary/aromatic N) is 3. The van der Waals surface area contributed by atoms with Crippen molar-refractivity contribution in [1.82, 2.24) is 9.78 Å². The number of hydrogen-bond acceptors (Lipinski definition) is 4. The Bertz CT molecular complexity index is 558. The second-order valence-electron chi connectivity index (χ2n) is 3.67. The van der Waals surface area contributed by atoms with Crippen LogP contribution < -0.4 is 5.32 Å². The number of amidine groups is 1. The molecule has 1 aromatic carbocycles. The van der Waals surface area contributed by atoms with Crippen molar-refractivity contribution in [3.8, 4) is 0 Å². The Kier molecular flexibility index (Phi) is 2.32. The summed E-state index contributed by atoms with van der Waals surface area (Å²) in [5, 5.41) is 9.77. The summed E-state index contributed by atoms with van der Waals surface area (Å²) in [5.74, 6) is 1.07. The molecule has 0 saturated heterocycles. The maximum absolute atomic E-state index is 4.39. The molecular formula is C11H12N4S. The standard InChI is InChI=1S/C11H12N4S/c1-15-10-4-2-3-9(8(10)7-13-15)14-11-12-5-6-16-11/h2-4,7H,5-6H2,1H3,(H,12,14). The van der Waals surface area contributed by atoms with Crippen molar-refractivity contribution in [1.29, 1.82) is 0 Å². The zero-order valence-corrected chi connectivity index (χ0v) is 9.79. The highest BCUT2D eigenvalue weighted by Gasteiger charge is 2.10. The lowest BCUT2D eigenvalue weighted by atomic mass is 10.2. The average Bonchev–Trinajstić information content (AvgIpc) is 2.90. The van der Waals surface area contributed by atoms with Crippen LogP contribution in [0.2, 0.25) is 0 Å². The van der Waals surface area contributed by atoms with Gasteiger partial charge in [-0.05, 0) is 12.1 Å². The quantitative estimate of drug-likeness (QED) is 0.818. The van der Waals surface area contributed by atoms with Gasteiger partial charge in [0.15, 0.2) is 5.17 Å². The number of hydrogen-bond donors (Lipinski definition) is 1. The van der Waals surface area contributed by atoms with Crippen LogP contribution >= 0.6 is 11.8 Å². The molecule has 0 fully saturated rings. The van der Waals surface area contributed by atoms with E-state index in [-0.39, 0.29) is 0 Å². The Morgan fingerprint density at radius 1 is 1.44 bits per heavy atom. The van der Waals surface area contributed by atoms with Crippen LogP contribution in [-0.4, -0.2) is 27.2 Å². The molecule has 0 radical (unpaired) electrons. The summed E-state index contributed by atoms with van der Waals surface area (Å²) >= 11 is 1.76. The van der Waals surface area contributed by atoms with Crippen LogP contribution in [0.25, 0.3) is 10.9 Å². The lowest BCUT2D eigenvalue weighted by molar-refractivity contribution is 0.797. The predicted molar refractivity (Wildman–Crippen MR) is 69.1 cm³/mol. The number of benzene rings is 1. The maximum atomic E-state index is 4.39. The molecule has 0 saturated carbocycles. The summed E-state index contributed by atoms with van der Waals surface area (Å²) in [4.78, 5) is 4.39. The molecule has 5 heteroatoms. The van der Waals surface area contributed by atoms with Gasteiger partial charge in [-0.3, -0.25) is 9.67 Å². The van der Waals surface area contributed by atoms with Crippen molar-refractivity contribution in [3.63, 3.8) is 0 Å². The molecule has 0 amide bonds. The molecule has 2 aromatic rings. The monoisotopic (exact) mass is 232 g/mol. The van der Waals surface area contributed by atoms with E-state index < -0.39 is 0 Å². The first-order chi connectivity index (χ1) is 7.84. The second-order valence-corrected chi connectivity index (χ2v) is 4.75. The van der Waals surface area contributed by atoms with Crippen LogP contribution in [0.3, 0.4) is 0 Å². The van der Waals surface area contributed by atoms with E-state index in [1.54, 1.807) is 11.8 Å². The number of nitrogens with one attached hydrogen (secondary N) is 1. The number of aryl methyl sites for hydroxylation is 1. The minimum atomic E-state index is 0.913. The van der Waals surface area contributed by atoms with Gasteiger partial charge in [-0.2, -0.15) is 5.10 Å². The first kappa shape index (κ1) is 9.72. The molecule has 1 aromatic heterocycles. The third-order valence-electron chi connectivity index (χ3n) is 2.62. The fourth-order valence-corrected chi connectivity index (χ4v) is 2.55. The first-order valence-electron chi connectivity index (χ1n) is 5.19. The van der Waals surface area contributed by atoms with Gasteiger partial charge >= 0.3 is 0 Å². The van der Waals surface area contributed by atoms with E-state index in [1.807, 2.05) is 24.0 Å². The topological polar surface area (TPSA) is 42.2 Å². The van der Waals surface area contributed by atoms with Gasteiger partial charge in [-0.25, -0.2) is 0 Å². The summed E-state index contributed by atoms with van der Waals surface area (Å²) in [7, 11) is 1.95. The number of anilines is 1. The van der Waals surface area contributed by atoms with Gasteiger partial charge in [0.25, 0.3) is 0 Å². The Hall–Kier alpha value is -1.49. The minimum absolute atomic E-state index is 0.913. The molecule has 4 nitrogen and oxygen atoms in total. The third kappa shape index (κ3) is 1.57. The van der Waals surface area contributed by atoms with Gasteiger partial charge in [-0.1, -0.05) is 17.8 Å². The lowest BCUT2D eigenvalue weighted by Gasteiger charge is -2.06. The van der Waals surface area contributed by atoms with Crippen molar-refractivity contribution < 1.29 is 0 Å². The molecule has 0 aliphatic carbocycles. The number of rotatable bonds is 1. The average molecular weight is 232 g/mol. The summed E-state index contributed by atoms with van der Waals surface area (Å²) in [5.41, 5.74) is 2.22. The van der Waals surface area contributed by atoms with Gasteiger partial charge in [-0.15, -0.1) is 0 Å². The van der Waals surface area contributed by atoms with Crippen LogP contribution in [0.15, 0.2) is 29.4 Å². The van der Waals surface area contributed by atoms with Gasteiger partial charge in [0.2, 0.25) is 0 Å². The predicted octanol–water partition coefficient (Wildman–Crippen LogP) is 2.09. The van der Waals surface area contributed by atoms with Gasteiger partial charge in [0.1, 0.15) is 0 Å². The zero-order chi connectivity index (χ0) is 11.0. The van der Waals surface area contributed by atoms with Crippen LogP contribution in [0, 0.1) is 0 Å². The molecule has 1 aliphatic heterocycles. The highest BCUT2D eigenvalue weighted by Crippen LogP contribution is 2.24. The fraction of sp³-hybridized carbons (Fsp3) is 0.273. The van der Waals surface area contributed by atoms with E-state index in [0.717, 1.165) is 34.1 Å². The number of aliphatic imine (C=N–C) groups is 1. The van der Waals surface area contributed by atoms with E-state index >= 15 is 0 Å². The Balaban J connectivity index is 2.02. The van der Waals surface area contributed by atoms with E-state index in [0.29, 0.717) is 0 Å². The number of thioether (sulfide) groups is 1. The summed E-state index contributed by atoms with van der Waals surface area (Å²) < 4.78 is 1.88. The third-order valence-corrected chi connectivity index (χ3v) is 3.51. The second kappa shape index (κ2) is 3.83. The molecule has 1 aliphatic rings. The molecule has 82 valence electrons. The van der Waals surface area contributed by atoms with Crippen molar-refractivity contribution in [2.24, 2.45) is 12.0 Å². The lowest BCUT2D eigenvalue weighted by Crippen LogP contribution is -2.04. The summed E-state index contributed by atoms with van der Waals surface area (Å²) in [6, 6.07) is 6.16. The van der Waals surface area contributed by atoms with Crippen molar-refractivity contribution in [3.05, 3.63) is 24.4 Å². The minimum Gasteiger partial charge on any atom is -0.334 e. The maximum Gasteiger partial charge on any atom is 0.161 e. The molecule has 16 heavy (non-hydrogen) atoms. The molecule has 0 bridgehead atoms. The Labute approximate surface area is 97.7 Å². The zero-order valence-electron chi connectivity index (χ0n) is 8.97. The van der Waals surface area contributed by atoms with Gasteiger partial charge < -0.3 is 5.32 Å². The van der Waals surface area contributed by atoms with Gasteiger partial charge in [0, 0.05) is 18.2 Å². The highest BCUT2D eigenvalue weighted by molar-refractivity contribution is 8.14. The molecule has 0 unspecified atom stereocenters. The van der Waals surface area contributed by atoms with E-state index in [2.05, 4.69) is 27.5 Å². The molecule has 1 N–H and O–H groups in total. The van der Waals surface area contributed by atoms with Gasteiger partial charge in [0.05, 0.1) is 23.9 Å². The summed E-state index contributed by atoms with van der Waals surface area (Å²) in [6.45, 7) is 0.913. The van der Waals surface area contributed by atoms with E-state index in [4.69, 9.17) is 0 Å². The number of aromatic nitrogens is 2. The largest absolute Gasteiger partial charge is 0.334 e. The SMILES string of the molecule is Cn1ncc2c(NC3=NCCS3)cccc21. The summed E-state index contributed by atoms with van der Waals surface area (Å²) in [6.07, 6.45) is 1.89. The van der Waals surface area contributed by atoms with Crippen LogP contribution in [0.5, 0.6) is 0 Å². The fourth-order valence-electron chi connectivity index (χ4n) is 1.81.